The molecule has 0 spiro atoms. The molecule has 43 heavy (non-hydrogen) atoms. The number of rotatable bonds is 14. The quantitative estimate of drug-likeness (QED) is 0.136. The Morgan fingerprint density at radius 1 is 0.349 bits per heavy atom. The molecule has 0 aromatic heterocycles. The van der Waals surface area contributed by atoms with Crippen molar-refractivity contribution in [2.24, 2.45) is 0 Å². The fourth-order valence-corrected chi connectivity index (χ4v) is 9.04. The van der Waals surface area contributed by atoms with Gasteiger partial charge >= 0.3 is 0 Å². The molecule has 0 unspecified atom stereocenters. The van der Waals surface area contributed by atoms with E-state index in [0.29, 0.717) is 0 Å². The molecule has 4 rings (SSSR count). The fourth-order valence-electron chi connectivity index (χ4n) is 4.35. The van der Waals surface area contributed by atoms with Crippen LogP contribution in [0.4, 0.5) is 0 Å². The molecule has 0 aliphatic carbocycles. The molecule has 0 fully saturated rings. The van der Waals surface area contributed by atoms with Crippen molar-refractivity contribution < 1.29 is 18.9 Å². The van der Waals surface area contributed by atoms with Crippen LogP contribution in [0.1, 0.15) is 55.4 Å². The highest BCUT2D eigenvalue weighted by Crippen LogP contribution is 2.45. The van der Waals surface area contributed by atoms with E-state index in [2.05, 4.69) is 97.1 Å². The normalized spacial score (nSPS) is 11.7. The summed E-state index contributed by atoms with van der Waals surface area (Å²) in [4.78, 5) is 5.69. The molecule has 5 nitrogen and oxygen atoms in total. The summed E-state index contributed by atoms with van der Waals surface area (Å²) in [5.41, 5.74) is 0. The van der Waals surface area contributed by atoms with Crippen LogP contribution in [-0.4, -0.2) is 24.4 Å². The first-order valence-electron chi connectivity index (χ1n) is 15.0. The Hall–Kier alpha value is -3.10. The Labute approximate surface area is 260 Å². The van der Waals surface area contributed by atoms with Crippen LogP contribution < -0.4 is 45.0 Å². The molecule has 0 aliphatic heterocycles. The standard InChI is InChI=1S/C36H44NO4P2/c1-25(2)38-29-9-17-33(18-10-29)42(34-19-11-30(12-20-34)39-26(3)4)37-43(35-21-13-31(14-22-35)40-27(5)6)36-23-15-32(16-24-36)41-28(7)8/h9-28H,1-8H3. The summed E-state index contributed by atoms with van der Waals surface area (Å²) in [7, 11) is -2.13. The Balaban J connectivity index is 1.75. The van der Waals surface area contributed by atoms with Crippen LogP contribution in [0.3, 0.4) is 0 Å². The Morgan fingerprint density at radius 3 is 0.698 bits per heavy atom. The number of nitrogens with zero attached hydrogens (tertiary/aromatic N) is 1. The minimum atomic E-state index is -1.07. The maximum atomic E-state index is 5.94. The van der Waals surface area contributed by atoms with Crippen molar-refractivity contribution >= 4 is 37.4 Å². The number of benzene rings is 4. The van der Waals surface area contributed by atoms with E-state index in [-0.39, 0.29) is 24.4 Å². The van der Waals surface area contributed by atoms with Gasteiger partial charge in [-0.15, -0.1) is 0 Å². The molecule has 0 aliphatic rings. The molecular weight excluding hydrogens is 572 g/mol. The van der Waals surface area contributed by atoms with Crippen LogP contribution in [0, 0.1) is 0 Å². The Bertz CT molecular complexity index is 1170. The van der Waals surface area contributed by atoms with Gasteiger partial charge < -0.3 is 18.9 Å². The second kappa shape index (κ2) is 15.6. The van der Waals surface area contributed by atoms with E-state index in [1.54, 1.807) is 0 Å². The Morgan fingerprint density at radius 2 is 0.535 bits per heavy atom. The molecular formula is C36H44NO4P2. The second-order valence-electron chi connectivity index (χ2n) is 11.4. The van der Waals surface area contributed by atoms with Crippen LogP contribution in [0.25, 0.3) is 0 Å². The third kappa shape index (κ3) is 9.97. The van der Waals surface area contributed by atoms with Gasteiger partial charge in [0, 0.05) is 16.1 Å². The largest absolute Gasteiger partial charge is 0.491 e. The van der Waals surface area contributed by atoms with E-state index in [4.69, 9.17) is 23.8 Å². The van der Waals surface area contributed by atoms with Gasteiger partial charge in [-0.2, -0.15) is 4.86 Å². The van der Waals surface area contributed by atoms with Crippen LogP contribution in [0.5, 0.6) is 23.0 Å². The van der Waals surface area contributed by atoms with Crippen molar-refractivity contribution in [2.45, 2.75) is 79.8 Å². The molecule has 0 saturated heterocycles. The summed E-state index contributed by atoms with van der Waals surface area (Å²) in [6.45, 7) is 16.3. The highest BCUT2D eigenvalue weighted by Gasteiger charge is 2.25. The van der Waals surface area contributed by atoms with Crippen LogP contribution in [0.2, 0.25) is 0 Å². The minimum absolute atomic E-state index is 0.115. The highest BCUT2D eigenvalue weighted by molar-refractivity contribution is 7.85. The molecule has 4 aromatic rings. The summed E-state index contributed by atoms with van der Waals surface area (Å²) in [6, 6.07) is 33.6. The van der Waals surface area contributed by atoms with Crippen molar-refractivity contribution in [3.63, 3.8) is 0 Å². The lowest BCUT2D eigenvalue weighted by Gasteiger charge is -2.26. The lowest BCUT2D eigenvalue weighted by atomic mass is 10.3. The van der Waals surface area contributed by atoms with Gasteiger partial charge in [0.1, 0.15) is 23.0 Å². The summed E-state index contributed by atoms with van der Waals surface area (Å²) in [6.07, 6.45) is 0.458. The SMILES string of the molecule is CC(C)Oc1ccc(P([N]P(c2ccc(OC(C)C)cc2)c2ccc(OC(C)C)cc2)c2ccc(OC(C)C)cc2)cc1. The molecule has 227 valence electrons. The lowest BCUT2D eigenvalue weighted by Crippen LogP contribution is -2.23. The fraction of sp³-hybridized carbons (Fsp3) is 0.333. The van der Waals surface area contributed by atoms with Crippen LogP contribution >= 0.6 is 16.1 Å². The molecule has 4 aromatic carbocycles. The Kier molecular flexibility index (Phi) is 11.9. The van der Waals surface area contributed by atoms with Gasteiger partial charge in [0.2, 0.25) is 0 Å². The van der Waals surface area contributed by atoms with Gasteiger partial charge in [-0.1, -0.05) is 0 Å². The van der Waals surface area contributed by atoms with Gasteiger partial charge in [0.05, 0.1) is 24.4 Å². The zero-order valence-electron chi connectivity index (χ0n) is 26.5. The minimum Gasteiger partial charge on any atom is -0.491 e. The smallest absolute Gasteiger partial charge is 0.119 e. The average molecular weight is 617 g/mol. The third-order valence-corrected chi connectivity index (χ3v) is 10.6. The van der Waals surface area contributed by atoms with Crippen molar-refractivity contribution in [1.29, 1.82) is 0 Å². The third-order valence-electron chi connectivity index (χ3n) is 5.99. The average Bonchev–Trinajstić information content (AvgIpc) is 2.95. The zero-order valence-corrected chi connectivity index (χ0v) is 28.3. The summed E-state index contributed by atoms with van der Waals surface area (Å²) in [5, 5.41) is 4.65. The van der Waals surface area contributed by atoms with E-state index >= 15 is 0 Å². The van der Waals surface area contributed by atoms with E-state index in [1.807, 2.05) is 55.4 Å². The number of hydrogen-bond acceptors (Lipinski definition) is 4. The summed E-state index contributed by atoms with van der Waals surface area (Å²) >= 11 is 0. The van der Waals surface area contributed by atoms with E-state index < -0.39 is 16.1 Å². The first kappa shape index (κ1) is 32.8. The van der Waals surface area contributed by atoms with Gasteiger partial charge in [-0.3, -0.25) is 0 Å². The molecule has 7 heteroatoms. The topological polar surface area (TPSA) is 51.0 Å². The molecule has 0 amide bonds. The second-order valence-corrected chi connectivity index (χ2v) is 15.4. The summed E-state index contributed by atoms with van der Waals surface area (Å²) < 4.78 is 23.8. The molecule has 0 bridgehead atoms. The molecule has 0 saturated carbocycles. The zero-order chi connectivity index (χ0) is 30.9. The molecule has 1 radical (unpaired) electrons. The van der Waals surface area contributed by atoms with E-state index in [9.17, 15) is 0 Å². The van der Waals surface area contributed by atoms with Gasteiger partial charge in [0.15, 0.2) is 0 Å². The van der Waals surface area contributed by atoms with E-state index in [0.717, 1.165) is 44.2 Å². The first-order valence-corrected chi connectivity index (χ1v) is 17.5. The predicted molar refractivity (Wildman–Crippen MR) is 183 cm³/mol. The number of ether oxygens (including phenoxy) is 4. The highest BCUT2D eigenvalue weighted by atomic mass is 31.2. The molecule has 0 atom stereocenters. The van der Waals surface area contributed by atoms with Gasteiger partial charge in [0.25, 0.3) is 0 Å². The lowest BCUT2D eigenvalue weighted by molar-refractivity contribution is 0.242. The van der Waals surface area contributed by atoms with Crippen LogP contribution in [-0.2, 0) is 0 Å². The maximum absolute atomic E-state index is 5.94. The van der Waals surface area contributed by atoms with Crippen molar-refractivity contribution in [2.75, 3.05) is 0 Å². The van der Waals surface area contributed by atoms with Crippen molar-refractivity contribution in [1.82, 2.24) is 4.86 Å². The maximum Gasteiger partial charge on any atom is 0.119 e. The summed E-state index contributed by atoms with van der Waals surface area (Å²) in [5.74, 6) is 3.44. The van der Waals surface area contributed by atoms with Crippen LogP contribution in [0.15, 0.2) is 97.1 Å². The first-order chi connectivity index (χ1) is 20.6. The molecule has 0 heterocycles. The van der Waals surface area contributed by atoms with Gasteiger partial charge in [-0.05, 0) is 174 Å². The molecule has 0 N–H and O–H groups in total. The van der Waals surface area contributed by atoms with Crippen molar-refractivity contribution in [3.8, 4) is 23.0 Å². The van der Waals surface area contributed by atoms with Crippen molar-refractivity contribution in [3.05, 3.63) is 97.1 Å². The van der Waals surface area contributed by atoms with Gasteiger partial charge in [-0.25, -0.2) is 0 Å². The predicted octanol–water partition coefficient (Wildman–Crippen LogP) is 7.84. The monoisotopic (exact) mass is 616 g/mol. The van der Waals surface area contributed by atoms with E-state index in [1.165, 1.54) is 0 Å². The number of hydrogen-bond donors (Lipinski definition) is 0.